The van der Waals surface area contributed by atoms with Crippen LogP contribution in [0.4, 0.5) is 0 Å². The van der Waals surface area contributed by atoms with Gasteiger partial charge in [0, 0.05) is 12.6 Å². The van der Waals surface area contributed by atoms with Crippen molar-refractivity contribution in [3.63, 3.8) is 0 Å². The highest BCUT2D eigenvalue weighted by Crippen LogP contribution is 2.14. The molecule has 2 heterocycles. The maximum atomic E-state index is 11.9. The Hall–Kier alpha value is -0.620. The zero-order chi connectivity index (χ0) is 12.3. The average Bonchev–Trinajstić information content (AvgIpc) is 2.29. The Morgan fingerprint density at radius 1 is 1.24 bits per heavy atom. The number of nitrogens with one attached hydrogen (secondary N) is 2. The van der Waals surface area contributed by atoms with Crippen LogP contribution >= 0.6 is 0 Å². The molecule has 0 radical (unpaired) electrons. The highest BCUT2D eigenvalue weighted by molar-refractivity contribution is 7.91. The summed E-state index contributed by atoms with van der Waals surface area (Å²) in [7, 11) is -2.94. The van der Waals surface area contributed by atoms with E-state index in [4.69, 9.17) is 0 Å². The van der Waals surface area contributed by atoms with Gasteiger partial charge in [-0.3, -0.25) is 4.79 Å². The van der Waals surface area contributed by atoms with Crippen molar-refractivity contribution in [2.75, 3.05) is 24.6 Å². The summed E-state index contributed by atoms with van der Waals surface area (Å²) in [5, 5.41) is 6.08. The monoisotopic (exact) mass is 260 g/mol. The van der Waals surface area contributed by atoms with Crippen LogP contribution in [0, 0.1) is 5.92 Å². The van der Waals surface area contributed by atoms with Crippen molar-refractivity contribution in [1.29, 1.82) is 0 Å². The molecular formula is C11H20N2O3S. The highest BCUT2D eigenvalue weighted by atomic mass is 32.2. The molecule has 98 valence electrons. The normalized spacial score (nSPS) is 32.9. The predicted octanol–water partition coefficient (Wildman–Crippen LogP) is -0.321. The molecule has 2 atom stereocenters. The third-order valence-electron chi connectivity index (χ3n) is 3.48. The molecule has 0 aliphatic carbocycles. The van der Waals surface area contributed by atoms with E-state index in [1.807, 2.05) is 0 Å². The number of carbonyl (C=O) groups is 1. The van der Waals surface area contributed by atoms with Gasteiger partial charge in [-0.1, -0.05) is 0 Å². The predicted molar refractivity (Wildman–Crippen MR) is 65.4 cm³/mol. The van der Waals surface area contributed by atoms with Gasteiger partial charge in [0.25, 0.3) is 0 Å². The summed E-state index contributed by atoms with van der Waals surface area (Å²) in [4.78, 5) is 11.9. The fourth-order valence-corrected chi connectivity index (χ4v) is 4.17. The lowest BCUT2D eigenvalue weighted by Gasteiger charge is -2.27. The van der Waals surface area contributed by atoms with Gasteiger partial charge >= 0.3 is 0 Å². The summed E-state index contributed by atoms with van der Waals surface area (Å²) in [5.41, 5.74) is 0. The third-order valence-corrected chi connectivity index (χ3v) is 5.30. The zero-order valence-electron chi connectivity index (χ0n) is 9.94. The van der Waals surface area contributed by atoms with Gasteiger partial charge in [-0.15, -0.1) is 0 Å². The molecule has 0 spiro atoms. The van der Waals surface area contributed by atoms with E-state index in [1.165, 1.54) is 0 Å². The maximum absolute atomic E-state index is 11.9. The first kappa shape index (κ1) is 12.8. The Morgan fingerprint density at radius 3 is 2.71 bits per heavy atom. The zero-order valence-corrected chi connectivity index (χ0v) is 10.8. The van der Waals surface area contributed by atoms with E-state index in [1.54, 1.807) is 0 Å². The molecule has 0 bridgehead atoms. The average molecular weight is 260 g/mol. The van der Waals surface area contributed by atoms with Gasteiger partial charge in [0.05, 0.1) is 17.4 Å². The summed E-state index contributed by atoms with van der Waals surface area (Å²) >= 11 is 0. The molecule has 2 aliphatic heterocycles. The minimum atomic E-state index is -2.94. The van der Waals surface area contributed by atoms with Crippen molar-refractivity contribution in [3.8, 4) is 0 Å². The van der Waals surface area contributed by atoms with Crippen molar-refractivity contribution in [3.05, 3.63) is 0 Å². The summed E-state index contributed by atoms with van der Waals surface area (Å²) < 4.78 is 22.9. The van der Waals surface area contributed by atoms with Crippen LogP contribution in [0.25, 0.3) is 0 Å². The molecule has 17 heavy (non-hydrogen) atoms. The summed E-state index contributed by atoms with van der Waals surface area (Å²) in [6.07, 6.45) is 3.36. The fraction of sp³-hybridized carbons (Fsp3) is 0.909. The van der Waals surface area contributed by atoms with Crippen molar-refractivity contribution in [1.82, 2.24) is 10.6 Å². The number of amides is 1. The number of piperidine rings is 1. The summed E-state index contributed by atoms with van der Waals surface area (Å²) in [5.74, 6) is 0.399. The standard InChI is InChI=1S/C11H20N2O3S/c14-11(9-3-1-5-12-7-9)13-10-4-2-6-17(15,16)8-10/h9-10,12H,1-8H2,(H,13,14)/t9-,10?/m1/s1. The molecule has 0 saturated carbocycles. The second-order valence-electron chi connectivity index (χ2n) is 5.01. The number of carbonyl (C=O) groups excluding carboxylic acids is 1. The molecule has 2 rings (SSSR count). The minimum Gasteiger partial charge on any atom is -0.352 e. The lowest BCUT2D eigenvalue weighted by atomic mass is 9.98. The third kappa shape index (κ3) is 3.67. The molecule has 1 amide bonds. The smallest absolute Gasteiger partial charge is 0.224 e. The van der Waals surface area contributed by atoms with E-state index in [2.05, 4.69) is 10.6 Å². The number of hydrogen-bond acceptors (Lipinski definition) is 4. The Kier molecular flexibility index (Phi) is 4.04. The van der Waals surface area contributed by atoms with Crippen LogP contribution in [-0.4, -0.2) is 45.0 Å². The van der Waals surface area contributed by atoms with Gasteiger partial charge in [0.1, 0.15) is 0 Å². The Morgan fingerprint density at radius 2 is 2.06 bits per heavy atom. The Bertz CT molecular complexity index is 374. The van der Waals surface area contributed by atoms with Crippen molar-refractivity contribution < 1.29 is 13.2 Å². The lowest BCUT2D eigenvalue weighted by molar-refractivity contribution is -0.126. The van der Waals surface area contributed by atoms with E-state index >= 15 is 0 Å². The number of sulfone groups is 1. The van der Waals surface area contributed by atoms with E-state index < -0.39 is 9.84 Å². The molecule has 2 fully saturated rings. The quantitative estimate of drug-likeness (QED) is 0.713. The van der Waals surface area contributed by atoms with Crippen LogP contribution in [0.2, 0.25) is 0 Å². The van der Waals surface area contributed by atoms with Gasteiger partial charge in [0.15, 0.2) is 9.84 Å². The molecule has 6 heteroatoms. The lowest BCUT2D eigenvalue weighted by Crippen LogP contribution is -2.48. The van der Waals surface area contributed by atoms with E-state index in [0.29, 0.717) is 13.0 Å². The molecule has 1 unspecified atom stereocenters. The largest absolute Gasteiger partial charge is 0.352 e. The van der Waals surface area contributed by atoms with Crippen molar-refractivity contribution in [2.45, 2.75) is 31.7 Å². The minimum absolute atomic E-state index is 0.00776. The van der Waals surface area contributed by atoms with Gasteiger partial charge < -0.3 is 10.6 Å². The van der Waals surface area contributed by atoms with Gasteiger partial charge in [-0.2, -0.15) is 0 Å². The topological polar surface area (TPSA) is 75.3 Å². The summed E-state index contributed by atoms with van der Waals surface area (Å²) in [6, 6.07) is -0.178. The van der Waals surface area contributed by atoms with Crippen LogP contribution in [0.3, 0.4) is 0 Å². The van der Waals surface area contributed by atoms with Crippen molar-refractivity contribution >= 4 is 15.7 Å². The highest BCUT2D eigenvalue weighted by Gasteiger charge is 2.28. The molecule has 5 nitrogen and oxygen atoms in total. The number of rotatable bonds is 2. The van der Waals surface area contributed by atoms with Gasteiger partial charge in [-0.25, -0.2) is 8.42 Å². The van der Waals surface area contributed by atoms with Crippen LogP contribution in [0.15, 0.2) is 0 Å². The van der Waals surface area contributed by atoms with Crippen LogP contribution in [0.5, 0.6) is 0 Å². The first-order valence-corrected chi connectivity index (χ1v) is 8.10. The fourth-order valence-electron chi connectivity index (χ4n) is 2.53. The van der Waals surface area contributed by atoms with Crippen LogP contribution in [-0.2, 0) is 14.6 Å². The number of hydrogen-bond donors (Lipinski definition) is 2. The second kappa shape index (κ2) is 5.35. The molecule has 0 aromatic heterocycles. The molecule has 2 aliphatic rings. The van der Waals surface area contributed by atoms with Gasteiger partial charge in [0.2, 0.25) is 5.91 Å². The SMILES string of the molecule is O=C(NC1CCCS(=O)(=O)C1)[C@@H]1CCCNC1. The van der Waals surface area contributed by atoms with Crippen molar-refractivity contribution in [2.24, 2.45) is 5.92 Å². The van der Waals surface area contributed by atoms with Crippen LogP contribution in [0.1, 0.15) is 25.7 Å². The molecule has 2 N–H and O–H groups in total. The maximum Gasteiger partial charge on any atom is 0.224 e. The summed E-state index contributed by atoms with van der Waals surface area (Å²) in [6.45, 7) is 1.69. The van der Waals surface area contributed by atoms with Gasteiger partial charge in [-0.05, 0) is 32.2 Å². The first-order chi connectivity index (χ1) is 8.07. The van der Waals surface area contributed by atoms with E-state index in [0.717, 1.165) is 25.8 Å². The van der Waals surface area contributed by atoms with E-state index in [-0.39, 0.29) is 29.4 Å². The second-order valence-corrected chi connectivity index (χ2v) is 7.23. The Labute approximate surface area is 102 Å². The van der Waals surface area contributed by atoms with E-state index in [9.17, 15) is 13.2 Å². The molecular weight excluding hydrogens is 240 g/mol. The molecule has 0 aromatic rings. The Balaban J connectivity index is 1.85. The first-order valence-electron chi connectivity index (χ1n) is 6.28. The van der Waals surface area contributed by atoms with Crippen LogP contribution < -0.4 is 10.6 Å². The molecule has 0 aromatic carbocycles. The molecule has 2 saturated heterocycles.